The fraction of sp³-hybridized carbons (Fsp3) is 0.933. The molecule has 2 heteroatoms. The second kappa shape index (κ2) is 10.5. The zero-order chi connectivity index (χ0) is 22.8. The maximum Gasteiger partial charge on any atom is 0.0612 e. The van der Waals surface area contributed by atoms with Crippen LogP contribution in [0, 0.1) is 40.4 Å². The summed E-state index contributed by atoms with van der Waals surface area (Å²) in [4.78, 5) is 0. The second-order valence-electron chi connectivity index (χ2n) is 12.9. The van der Waals surface area contributed by atoms with E-state index in [4.69, 9.17) is 9.84 Å². The third kappa shape index (κ3) is 4.88. The molecule has 32 heavy (non-hydrogen) atoms. The molecule has 0 saturated heterocycles. The highest BCUT2D eigenvalue weighted by atomic mass is 16.5. The van der Waals surface area contributed by atoms with Crippen LogP contribution in [-0.2, 0) is 4.74 Å². The number of aliphatic hydroxyl groups is 1. The Morgan fingerprint density at radius 2 is 1.84 bits per heavy atom. The summed E-state index contributed by atoms with van der Waals surface area (Å²) in [7, 11) is 0. The standard InChI is InChI=1S/C30H52O2/c1-22(2)9-5-6-10-23-12-14-27-26-13-11-24-21-25(32-20-8-7-19-31)15-17-30(24,4)28(26)16-18-29(23,27)3/h11,22-23,25-28,31H,5-10,12-21H2,1-4H3/t23-,25-,26-,27-,28-,29+,30-/m0/s1. The Morgan fingerprint density at radius 1 is 1.00 bits per heavy atom. The van der Waals surface area contributed by atoms with Crippen molar-refractivity contribution in [3.05, 3.63) is 11.6 Å². The molecule has 2 nitrogen and oxygen atoms in total. The maximum atomic E-state index is 9.01. The van der Waals surface area contributed by atoms with Gasteiger partial charge < -0.3 is 9.84 Å². The van der Waals surface area contributed by atoms with Crippen LogP contribution in [-0.4, -0.2) is 24.4 Å². The summed E-state index contributed by atoms with van der Waals surface area (Å²) >= 11 is 0. The predicted octanol–water partition coefficient (Wildman–Crippen LogP) is 7.94. The molecule has 0 radical (unpaired) electrons. The largest absolute Gasteiger partial charge is 0.396 e. The fourth-order valence-electron chi connectivity index (χ4n) is 8.76. The summed E-state index contributed by atoms with van der Waals surface area (Å²) in [6, 6.07) is 0. The van der Waals surface area contributed by atoms with Crippen molar-refractivity contribution in [3.8, 4) is 0 Å². The van der Waals surface area contributed by atoms with Crippen LogP contribution in [0.25, 0.3) is 0 Å². The number of allylic oxidation sites excluding steroid dienone is 1. The summed E-state index contributed by atoms with van der Waals surface area (Å²) in [5, 5.41) is 9.01. The van der Waals surface area contributed by atoms with Crippen molar-refractivity contribution < 1.29 is 9.84 Å². The van der Waals surface area contributed by atoms with E-state index < -0.39 is 0 Å². The van der Waals surface area contributed by atoms with Gasteiger partial charge in [-0.15, -0.1) is 0 Å². The van der Waals surface area contributed by atoms with Crippen LogP contribution >= 0.6 is 0 Å². The number of fused-ring (bicyclic) bond motifs is 5. The molecule has 184 valence electrons. The minimum atomic E-state index is 0.291. The van der Waals surface area contributed by atoms with E-state index in [0.29, 0.717) is 23.5 Å². The van der Waals surface area contributed by atoms with Crippen molar-refractivity contribution in [1.29, 1.82) is 0 Å². The first kappa shape index (κ1) is 24.8. The van der Waals surface area contributed by atoms with Gasteiger partial charge in [0.05, 0.1) is 6.10 Å². The molecule has 0 aromatic rings. The molecule has 0 bridgehead atoms. The maximum absolute atomic E-state index is 9.01. The number of ether oxygens (including phenoxy) is 1. The Balaban J connectivity index is 1.37. The SMILES string of the molecule is CC(C)CCCC[C@H]1CC[C@H]2[C@@H]3CC=C4C[C@@H](OCCCCO)CC[C@]4(C)[C@H]3CC[C@]12C. The first-order valence-corrected chi connectivity index (χ1v) is 14.3. The van der Waals surface area contributed by atoms with Gasteiger partial charge in [0.15, 0.2) is 0 Å². The summed E-state index contributed by atoms with van der Waals surface area (Å²) in [5.41, 5.74) is 2.79. The lowest BCUT2D eigenvalue weighted by atomic mass is 9.47. The molecule has 3 saturated carbocycles. The molecule has 0 unspecified atom stereocenters. The molecule has 7 atom stereocenters. The van der Waals surface area contributed by atoms with Gasteiger partial charge in [-0.3, -0.25) is 0 Å². The van der Waals surface area contributed by atoms with Crippen LogP contribution < -0.4 is 0 Å². The Labute approximate surface area is 199 Å². The Hall–Kier alpha value is -0.340. The molecule has 0 heterocycles. The lowest BCUT2D eigenvalue weighted by Gasteiger charge is -2.58. The molecule has 0 aliphatic heterocycles. The van der Waals surface area contributed by atoms with Crippen molar-refractivity contribution in [2.24, 2.45) is 40.4 Å². The van der Waals surface area contributed by atoms with Gasteiger partial charge in [-0.1, -0.05) is 58.6 Å². The van der Waals surface area contributed by atoms with E-state index in [0.717, 1.165) is 49.0 Å². The lowest BCUT2D eigenvalue weighted by molar-refractivity contribution is -0.0590. The second-order valence-corrected chi connectivity index (χ2v) is 12.9. The number of rotatable bonds is 10. The molecule has 0 aromatic heterocycles. The van der Waals surface area contributed by atoms with Crippen LogP contribution in [0.3, 0.4) is 0 Å². The molecule has 0 aromatic carbocycles. The minimum Gasteiger partial charge on any atom is -0.396 e. The normalized spacial score (nSPS) is 41.2. The van der Waals surface area contributed by atoms with E-state index in [2.05, 4.69) is 33.8 Å². The van der Waals surface area contributed by atoms with Gasteiger partial charge in [-0.2, -0.15) is 0 Å². The van der Waals surface area contributed by atoms with Crippen LogP contribution in [0.2, 0.25) is 0 Å². The average molecular weight is 445 g/mol. The summed E-state index contributed by atoms with van der Waals surface area (Å²) < 4.78 is 6.22. The highest BCUT2D eigenvalue weighted by molar-refractivity contribution is 5.25. The van der Waals surface area contributed by atoms with E-state index in [1.807, 2.05) is 0 Å². The van der Waals surface area contributed by atoms with Crippen molar-refractivity contribution in [2.75, 3.05) is 13.2 Å². The molecular weight excluding hydrogens is 392 g/mol. The molecular formula is C30H52O2. The van der Waals surface area contributed by atoms with E-state index in [1.54, 1.807) is 5.57 Å². The minimum absolute atomic E-state index is 0.291. The molecule has 4 rings (SSSR count). The van der Waals surface area contributed by atoms with Gasteiger partial charge >= 0.3 is 0 Å². The van der Waals surface area contributed by atoms with Crippen LogP contribution in [0.15, 0.2) is 11.6 Å². The molecule has 0 amide bonds. The summed E-state index contributed by atoms with van der Waals surface area (Å²) in [6.45, 7) is 11.2. The number of hydrogen-bond donors (Lipinski definition) is 1. The summed E-state index contributed by atoms with van der Waals surface area (Å²) in [5.74, 6) is 4.67. The van der Waals surface area contributed by atoms with Gasteiger partial charge in [0.1, 0.15) is 0 Å². The Kier molecular flexibility index (Phi) is 8.14. The lowest BCUT2D eigenvalue weighted by Crippen LogP contribution is -2.50. The molecule has 1 N–H and O–H groups in total. The fourth-order valence-corrected chi connectivity index (χ4v) is 8.76. The quantitative estimate of drug-likeness (QED) is 0.274. The van der Waals surface area contributed by atoms with Crippen molar-refractivity contribution in [3.63, 3.8) is 0 Å². The van der Waals surface area contributed by atoms with E-state index >= 15 is 0 Å². The van der Waals surface area contributed by atoms with Crippen molar-refractivity contribution >= 4 is 0 Å². The first-order valence-electron chi connectivity index (χ1n) is 14.3. The van der Waals surface area contributed by atoms with Gasteiger partial charge in [-0.05, 0) is 111 Å². The van der Waals surface area contributed by atoms with Crippen LogP contribution in [0.5, 0.6) is 0 Å². The van der Waals surface area contributed by atoms with E-state index in [1.165, 1.54) is 77.0 Å². The monoisotopic (exact) mass is 444 g/mol. The van der Waals surface area contributed by atoms with Gasteiger partial charge in [0, 0.05) is 13.2 Å². The number of unbranched alkanes of at least 4 members (excludes halogenated alkanes) is 2. The van der Waals surface area contributed by atoms with Crippen molar-refractivity contribution in [2.45, 2.75) is 124 Å². The van der Waals surface area contributed by atoms with Gasteiger partial charge in [-0.25, -0.2) is 0 Å². The topological polar surface area (TPSA) is 29.5 Å². The van der Waals surface area contributed by atoms with Crippen molar-refractivity contribution in [1.82, 2.24) is 0 Å². The summed E-state index contributed by atoms with van der Waals surface area (Å²) in [6.07, 6.45) is 21.8. The molecule has 3 fully saturated rings. The van der Waals surface area contributed by atoms with Gasteiger partial charge in [0.2, 0.25) is 0 Å². The third-order valence-corrected chi connectivity index (χ3v) is 10.7. The van der Waals surface area contributed by atoms with Crippen LogP contribution in [0.4, 0.5) is 0 Å². The number of hydrogen-bond acceptors (Lipinski definition) is 2. The Morgan fingerprint density at radius 3 is 2.62 bits per heavy atom. The molecule has 4 aliphatic carbocycles. The highest BCUT2D eigenvalue weighted by Gasteiger charge is 2.58. The molecule has 4 aliphatic rings. The van der Waals surface area contributed by atoms with Crippen LogP contribution in [0.1, 0.15) is 118 Å². The third-order valence-electron chi connectivity index (χ3n) is 10.7. The van der Waals surface area contributed by atoms with E-state index in [9.17, 15) is 0 Å². The highest BCUT2D eigenvalue weighted by Crippen LogP contribution is 2.66. The number of aliphatic hydroxyl groups excluding tert-OH is 1. The predicted molar refractivity (Wildman–Crippen MR) is 135 cm³/mol. The first-order chi connectivity index (χ1) is 15.4. The molecule has 0 spiro atoms. The smallest absolute Gasteiger partial charge is 0.0612 e. The van der Waals surface area contributed by atoms with E-state index in [-0.39, 0.29) is 0 Å². The zero-order valence-corrected chi connectivity index (χ0v) is 21.7. The zero-order valence-electron chi connectivity index (χ0n) is 21.7. The van der Waals surface area contributed by atoms with Gasteiger partial charge in [0.25, 0.3) is 0 Å². The Bertz CT molecular complexity index is 639. The average Bonchev–Trinajstić information content (AvgIpc) is 3.10.